The van der Waals surface area contributed by atoms with Crippen LogP contribution in [0.15, 0.2) is 29.4 Å². The van der Waals surface area contributed by atoms with Crippen molar-refractivity contribution >= 4 is 23.2 Å². The van der Waals surface area contributed by atoms with Crippen molar-refractivity contribution in [3.63, 3.8) is 0 Å². The van der Waals surface area contributed by atoms with Crippen LogP contribution in [0.3, 0.4) is 0 Å². The molecule has 8 nitrogen and oxygen atoms in total. The Hall–Kier alpha value is -2.55. The molecule has 0 aromatic carbocycles. The van der Waals surface area contributed by atoms with Gasteiger partial charge in [-0.3, -0.25) is 0 Å². The third kappa shape index (κ3) is 2.97. The van der Waals surface area contributed by atoms with Crippen molar-refractivity contribution in [3.8, 4) is 5.95 Å². The molecular weight excluding hydrogens is 288 g/mol. The standard InChI is InChI=1S/C12H14N8S/c1-13-10-16-11(19(2)6-9-7-21-8-14-9)18-12(17-10)20-5-3-4-15-20/h3-5,7-8H,6H2,1-2H3,(H,13,16,17,18). The van der Waals surface area contributed by atoms with Crippen molar-refractivity contribution in [2.75, 3.05) is 24.3 Å². The van der Waals surface area contributed by atoms with Crippen LogP contribution in [0.4, 0.5) is 11.9 Å². The van der Waals surface area contributed by atoms with Crippen LogP contribution < -0.4 is 10.2 Å². The first-order valence-electron chi connectivity index (χ1n) is 6.28. The first-order chi connectivity index (χ1) is 10.3. The van der Waals surface area contributed by atoms with E-state index in [1.807, 2.05) is 28.9 Å². The minimum absolute atomic E-state index is 0.472. The average Bonchev–Trinajstić information content (AvgIpc) is 3.20. The van der Waals surface area contributed by atoms with E-state index in [9.17, 15) is 0 Å². The van der Waals surface area contributed by atoms with Gasteiger partial charge in [-0.05, 0) is 6.07 Å². The molecule has 0 aliphatic carbocycles. The van der Waals surface area contributed by atoms with Gasteiger partial charge in [0.15, 0.2) is 0 Å². The molecule has 1 N–H and O–H groups in total. The number of anilines is 2. The van der Waals surface area contributed by atoms with Crippen LogP contribution in [-0.4, -0.2) is 43.8 Å². The lowest BCUT2D eigenvalue weighted by atomic mass is 10.4. The lowest BCUT2D eigenvalue weighted by Gasteiger charge is -2.16. The fourth-order valence-corrected chi connectivity index (χ4v) is 2.30. The molecule has 0 atom stereocenters. The second kappa shape index (κ2) is 5.83. The van der Waals surface area contributed by atoms with Gasteiger partial charge >= 0.3 is 0 Å². The Bertz CT molecular complexity index is 694. The molecule has 0 aliphatic heterocycles. The van der Waals surface area contributed by atoms with Gasteiger partial charge in [-0.15, -0.1) is 11.3 Å². The van der Waals surface area contributed by atoms with Crippen molar-refractivity contribution in [1.29, 1.82) is 0 Å². The van der Waals surface area contributed by atoms with Gasteiger partial charge in [0, 0.05) is 31.9 Å². The highest BCUT2D eigenvalue weighted by molar-refractivity contribution is 7.07. The van der Waals surface area contributed by atoms with Gasteiger partial charge in [0.25, 0.3) is 5.95 Å². The van der Waals surface area contributed by atoms with Crippen LogP contribution >= 0.6 is 11.3 Å². The molecule has 3 aromatic heterocycles. The molecule has 0 unspecified atom stereocenters. The molecule has 3 rings (SSSR count). The van der Waals surface area contributed by atoms with Gasteiger partial charge in [-0.2, -0.15) is 20.1 Å². The second-order valence-electron chi connectivity index (χ2n) is 4.30. The summed E-state index contributed by atoms with van der Waals surface area (Å²) in [5.41, 5.74) is 2.79. The Labute approximate surface area is 125 Å². The van der Waals surface area contributed by atoms with E-state index in [1.165, 1.54) is 0 Å². The summed E-state index contributed by atoms with van der Waals surface area (Å²) in [6.45, 7) is 0.634. The van der Waals surface area contributed by atoms with Gasteiger partial charge < -0.3 is 10.2 Å². The molecule has 9 heteroatoms. The summed E-state index contributed by atoms with van der Waals surface area (Å²) in [5, 5.41) is 9.09. The van der Waals surface area contributed by atoms with E-state index < -0.39 is 0 Å². The number of nitrogens with zero attached hydrogens (tertiary/aromatic N) is 7. The number of aromatic nitrogens is 6. The summed E-state index contributed by atoms with van der Waals surface area (Å²) >= 11 is 1.57. The summed E-state index contributed by atoms with van der Waals surface area (Å²) in [4.78, 5) is 19.3. The molecule has 3 aromatic rings. The molecule has 0 radical (unpaired) electrons. The lowest BCUT2D eigenvalue weighted by molar-refractivity contribution is 0.772. The van der Waals surface area contributed by atoms with Crippen molar-refractivity contribution in [2.45, 2.75) is 6.54 Å². The molecule has 108 valence electrons. The molecule has 3 heterocycles. The summed E-state index contributed by atoms with van der Waals surface area (Å²) < 4.78 is 1.60. The fourth-order valence-electron chi connectivity index (χ4n) is 1.76. The molecule has 0 amide bonds. The molecule has 0 bridgehead atoms. The van der Waals surface area contributed by atoms with Gasteiger partial charge in [0.05, 0.1) is 17.7 Å². The normalized spacial score (nSPS) is 10.6. The number of thiazole rings is 1. The van der Waals surface area contributed by atoms with Crippen LogP contribution in [0.5, 0.6) is 0 Å². The van der Waals surface area contributed by atoms with Crippen LogP contribution in [0.2, 0.25) is 0 Å². The Balaban J connectivity index is 1.92. The van der Waals surface area contributed by atoms with Gasteiger partial charge in [-0.1, -0.05) is 0 Å². The molecule has 0 spiro atoms. The first-order valence-corrected chi connectivity index (χ1v) is 7.22. The number of nitrogens with one attached hydrogen (secondary N) is 1. The Morgan fingerprint density at radius 3 is 2.90 bits per heavy atom. The maximum Gasteiger partial charge on any atom is 0.257 e. The van der Waals surface area contributed by atoms with Crippen molar-refractivity contribution in [3.05, 3.63) is 35.0 Å². The topological polar surface area (TPSA) is 84.7 Å². The fraction of sp³-hybridized carbons (Fsp3) is 0.250. The SMILES string of the molecule is CNc1nc(N(C)Cc2cscn2)nc(-n2cccn2)n1. The number of rotatable bonds is 5. The van der Waals surface area contributed by atoms with Gasteiger partial charge in [0.2, 0.25) is 11.9 Å². The zero-order valence-corrected chi connectivity index (χ0v) is 12.4. The zero-order valence-electron chi connectivity index (χ0n) is 11.6. The van der Waals surface area contributed by atoms with E-state index in [4.69, 9.17) is 0 Å². The maximum absolute atomic E-state index is 4.44. The predicted molar refractivity (Wildman–Crippen MR) is 80.7 cm³/mol. The largest absolute Gasteiger partial charge is 0.357 e. The van der Waals surface area contributed by atoms with E-state index in [0.717, 1.165) is 5.69 Å². The van der Waals surface area contributed by atoms with E-state index in [0.29, 0.717) is 24.4 Å². The molecular formula is C12H14N8S. The third-order valence-corrected chi connectivity index (χ3v) is 3.40. The first kappa shape index (κ1) is 13.4. The predicted octanol–water partition coefficient (Wildman–Crippen LogP) is 1.19. The molecule has 0 saturated carbocycles. The van der Waals surface area contributed by atoms with Crippen molar-refractivity contribution in [2.24, 2.45) is 0 Å². The highest BCUT2D eigenvalue weighted by Crippen LogP contribution is 2.14. The monoisotopic (exact) mass is 302 g/mol. The van der Waals surface area contributed by atoms with E-state index in [2.05, 4.69) is 30.4 Å². The van der Waals surface area contributed by atoms with Crippen LogP contribution in [-0.2, 0) is 6.54 Å². The number of hydrogen-bond donors (Lipinski definition) is 1. The van der Waals surface area contributed by atoms with E-state index >= 15 is 0 Å². The quantitative estimate of drug-likeness (QED) is 0.757. The highest BCUT2D eigenvalue weighted by Gasteiger charge is 2.12. The van der Waals surface area contributed by atoms with Crippen molar-refractivity contribution in [1.82, 2.24) is 29.7 Å². The summed E-state index contributed by atoms with van der Waals surface area (Å²) in [5.74, 6) is 1.53. The maximum atomic E-state index is 4.44. The van der Waals surface area contributed by atoms with E-state index in [1.54, 1.807) is 35.5 Å². The average molecular weight is 302 g/mol. The molecule has 21 heavy (non-hydrogen) atoms. The summed E-state index contributed by atoms with van der Waals surface area (Å²) in [6, 6.07) is 1.82. The highest BCUT2D eigenvalue weighted by atomic mass is 32.1. The number of hydrogen-bond acceptors (Lipinski definition) is 8. The zero-order chi connectivity index (χ0) is 14.7. The molecule has 0 saturated heterocycles. The summed E-state index contributed by atoms with van der Waals surface area (Å²) in [7, 11) is 3.69. The lowest BCUT2D eigenvalue weighted by Crippen LogP contribution is -2.21. The van der Waals surface area contributed by atoms with E-state index in [-0.39, 0.29) is 0 Å². The van der Waals surface area contributed by atoms with Crippen LogP contribution in [0.1, 0.15) is 5.69 Å². The Kier molecular flexibility index (Phi) is 3.73. The molecule has 0 aliphatic rings. The Morgan fingerprint density at radius 2 is 2.24 bits per heavy atom. The van der Waals surface area contributed by atoms with Crippen LogP contribution in [0, 0.1) is 0 Å². The minimum atomic E-state index is 0.472. The third-order valence-electron chi connectivity index (χ3n) is 2.77. The summed E-state index contributed by atoms with van der Waals surface area (Å²) in [6.07, 6.45) is 3.47. The minimum Gasteiger partial charge on any atom is -0.357 e. The van der Waals surface area contributed by atoms with Crippen LogP contribution in [0.25, 0.3) is 5.95 Å². The smallest absolute Gasteiger partial charge is 0.257 e. The van der Waals surface area contributed by atoms with Gasteiger partial charge in [0.1, 0.15) is 0 Å². The van der Waals surface area contributed by atoms with Crippen molar-refractivity contribution < 1.29 is 0 Å². The molecule has 0 fully saturated rings. The Morgan fingerprint density at radius 1 is 1.33 bits per heavy atom. The van der Waals surface area contributed by atoms with Gasteiger partial charge in [-0.25, -0.2) is 9.67 Å². The second-order valence-corrected chi connectivity index (χ2v) is 5.01.